The van der Waals surface area contributed by atoms with Crippen LogP contribution in [0.5, 0.6) is 0 Å². The summed E-state index contributed by atoms with van der Waals surface area (Å²) in [6.45, 7) is -0.822. The lowest BCUT2D eigenvalue weighted by molar-refractivity contribution is -0.297. The third-order valence-corrected chi connectivity index (χ3v) is 4.20. The van der Waals surface area contributed by atoms with Gasteiger partial charge >= 0.3 is 7.82 Å². The molecule has 0 bridgehead atoms. The largest absolute Gasteiger partial charge is 0.474 e. The number of aliphatic hydroxyl groups is 3. The Hall–Kier alpha value is -0.420. The summed E-state index contributed by atoms with van der Waals surface area (Å²) in [6.07, 6.45) is -6.73. The Morgan fingerprint density at radius 3 is 2.29 bits per heavy atom. The van der Waals surface area contributed by atoms with Crippen molar-refractivity contribution < 1.29 is 47.7 Å². The molecule has 0 aromatic rings. The van der Waals surface area contributed by atoms with Gasteiger partial charge in [0.1, 0.15) is 37.3 Å². The average Bonchev–Trinajstić information content (AvgIpc) is 2.50. The smallest absolute Gasteiger partial charge is 0.387 e. The van der Waals surface area contributed by atoms with Crippen molar-refractivity contribution in [3.05, 3.63) is 0 Å². The molecule has 11 heteroatoms. The summed E-state index contributed by atoms with van der Waals surface area (Å²) >= 11 is 0. The second kappa shape index (κ2) is 8.28. The van der Waals surface area contributed by atoms with Crippen LogP contribution in [0.25, 0.3) is 0 Å². The van der Waals surface area contributed by atoms with E-state index in [0.717, 1.165) is 14.2 Å². The molecule has 10 nitrogen and oxygen atoms in total. The van der Waals surface area contributed by atoms with Crippen molar-refractivity contribution in [2.75, 3.05) is 27.4 Å². The highest BCUT2D eigenvalue weighted by Crippen LogP contribution is 2.47. The first-order chi connectivity index (χ1) is 9.88. The number of aldehydes is 1. The van der Waals surface area contributed by atoms with Gasteiger partial charge in [0.25, 0.3) is 0 Å². The molecule has 21 heavy (non-hydrogen) atoms. The molecule has 124 valence electrons. The molecule has 1 fully saturated rings. The van der Waals surface area contributed by atoms with Gasteiger partial charge in [0.15, 0.2) is 6.29 Å². The molecule has 1 aliphatic heterocycles. The van der Waals surface area contributed by atoms with E-state index >= 15 is 0 Å². The lowest BCUT2D eigenvalue weighted by atomic mass is 9.99. The molecule has 1 rings (SSSR count). The Labute approximate surface area is 121 Å². The van der Waals surface area contributed by atoms with E-state index in [4.69, 9.17) is 14.0 Å². The molecular formula is C10H19O10P. The number of hydrogen-bond acceptors (Lipinski definition) is 10. The third-order valence-electron chi connectivity index (χ3n) is 2.84. The van der Waals surface area contributed by atoms with Crippen molar-refractivity contribution in [2.24, 2.45) is 0 Å². The van der Waals surface area contributed by atoms with Crippen molar-refractivity contribution in [3.8, 4) is 0 Å². The van der Waals surface area contributed by atoms with Gasteiger partial charge in [-0.25, -0.2) is 4.57 Å². The van der Waals surface area contributed by atoms with E-state index in [2.05, 4.69) is 9.05 Å². The summed E-state index contributed by atoms with van der Waals surface area (Å²) in [7, 11) is -1.57. The van der Waals surface area contributed by atoms with E-state index in [-0.39, 0.29) is 6.61 Å². The first-order valence-electron chi connectivity index (χ1n) is 5.99. The quantitative estimate of drug-likeness (QED) is 0.353. The van der Waals surface area contributed by atoms with E-state index in [1.54, 1.807) is 0 Å². The van der Waals surface area contributed by atoms with Gasteiger partial charge in [-0.15, -0.1) is 0 Å². The van der Waals surface area contributed by atoms with E-state index in [1.165, 1.54) is 0 Å². The Balaban J connectivity index is 2.67. The van der Waals surface area contributed by atoms with Crippen LogP contribution in [0, 0.1) is 0 Å². The van der Waals surface area contributed by atoms with Crippen molar-refractivity contribution >= 4 is 14.1 Å². The van der Waals surface area contributed by atoms with Gasteiger partial charge in [-0.1, -0.05) is 0 Å². The molecule has 1 saturated heterocycles. The van der Waals surface area contributed by atoms with Crippen LogP contribution in [-0.4, -0.2) is 79.7 Å². The van der Waals surface area contributed by atoms with Gasteiger partial charge in [0.2, 0.25) is 0 Å². The topological polar surface area (TPSA) is 141 Å². The third kappa shape index (κ3) is 4.78. The number of phosphoric ester groups is 1. The molecule has 0 aliphatic carbocycles. The molecule has 0 amide bonds. The van der Waals surface area contributed by atoms with Crippen molar-refractivity contribution in [1.29, 1.82) is 0 Å². The highest BCUT2D eigenvalue weighted by Gasteiger charge is 2.45. The van der Waals surface area contributed by atoms with Crippen LogP contribution in [0.3, 0.4) is 0 Å². The minimum absolute atomic E-state index is 0.368. The van der Waals surface area contributed by atoms with Crippen molar-refractivity contribution in [3.63, 3.8) is 0 Å². The Kier molecular flexibility index (Phi) is 7.34. The average molecular weight is 330 g/mol. The molecule has 0 aromatic heterocycles. The molecule has 3 N–H and O–H groups in total. The second-order valence-electron chi connectivity index (χ2n) is 4.12. The maximum absolute atomic E-state index is 11.7. The number of carbonyl (C=O) groups is 1. The van der Waals surface area contributed by atoms with Crippen molar-refractivity contribution in [2.45, 2.75) is 30.7 Å². The molecule has 0 saturated carbocycles. The SMILES string of the molecule is COP(=O)(OC)OCC1O[C@H](OCC=O)C(O)[C@@H](O)[C@@H]1O. The van der Waals surface area contributed by atoms with Crippen LogP contribution in [0.4, 0.5) is 0 Å². The molecule has 0 aromatic carbocycles. The van der Waals surface area contributed by atoms with Gasteiger partial charge in [-0.05, 0) is 0 Å². The number of phosphoric acid groups is 1. The van der Waals surface area contributed by atoms with Crippen LogP contribution < -0.4 is 0 Å². The number of aliphatic hydroxyl groups excluding tert-OH is 3. The number of carbonyl (C=O) groups excluding carboxylic acids is 1. The summed E-state index contributed by atoms with van der Waals surface area (Å²) < 4.78 is 35.7. The van der Waals surface area contributed by atoms with E-state index in [1.807, 2.05) is 0 Å². The number of rotatable bonds is 8. The fourth-order valence-corrected chi connectivity index (χ4v) is 2.36. The summed E-state index contributed by atoms with van der Waals surface area (Å²) in [6, 6.07) is 0. The highest BCUT2D eigenvalue weighted by atomic mass is 31.2. The van der Waals surface area contributed by atoms with Crippen LogP contribution in [0.15, 0.2) is 0 Å². The number of ether oxygens (including phenoxy) is 2. The summed E-state index contributed by atoms with van der Waals surface area (Å²) in [5.74, 6) is 0. The Bertz CT molecular complexity index is 369. The van der Waals surface area contributed by atoms with Crippen LogP contribution in [0.1, 0.15) is 0 Å². The zero-order valence-corrected chi connectivity index (χ0v) is 12.4. The second-order valence-corrected chi connectivity index (χ2v) is 6.01. The molecular weight excluding hydrogens is 311 g/mol. The molecule has 0 radical (unpaired) electrons. The van der Waals surface area contributed by atoms with Crippen LogP contribution in [-0.2, 0) is 32.4 Å². The van der Waals surface area contributed by atoms with Crippen LogP contribution >= 0.6 is 7.82 Å². The van der Waals surface area contributed by atoms with Gasteiger partial charge in [-0.2, -0.15) is 0 Å². The molecule has 1 aliphatic rings. The lowest BCUT2D eigenvalue weighted by Gasteiger charge is -2.39. The summed E-state index contributed by atoms with van der Waals surface area (Å²) in [4.78, 5) is 10.2. The Morgan fingerprint density at radius 1 is 1.14 bits per heavy atom. The van der Waals surface area contributed by atoms with Gasteiger partial charge < -0.3 is 29.6 Å². The van der Waals surface area contributed by atoms with Crippen molar-refractivity contribution in [1.82, 2.24) is 0 Å². The fraction of sp³-hybridized carbons (Fsp3) is 0.900. The molecule has 1 heterocycles. The fourth-order valence-electron chi connectivity index (χ4n) is 1.67. The van der Waals surface area contributed by atoms with E-state index < -0.39 is 45.1 Å². The zero-order chi connectivity index (χ0) is 16.0. The minimum Gasteiger partial charge on any atom is -0.387 e. The molecule has 5 atom stereocenters. The van der Waals surface area contributed by atoms with Gasteiger partial charge in [-0.3, -0.25) is 13.6 Å². The maximum atomic E-state index is 11.7. The summed E-state index contributed by atoms with van der Waals surface area (Å²) in [5, 5.41) is 29.1. The Morgan fingerprint density at radius 2 is 1.76 bits per heavy atom. The lowest BCUT2D eigenvalue weighted by Crippen LogP contribution is -2.59. The van der Waals surface area contributed by atoms with Crippen LogP contribution in [0.2, 0.25) is 0 Å². The first-order valence-corrected chi connectivity index (χ1v) is 7.45. The minimum atomic E-state index is -3.78. The van der Waals surface area contributed by atoms with E-state index in [9.17, 15) is 24.7 Å². The molecule has 0 spiro atoms. The first kappa shape index (κ1) is 18.6. The standard InChI is InChI=1S/C10H19O10P/c1-16-21(15,17-2)19-5-6-7(12)8(13)9(14)10(20-6)18-4-3-11/h3,6-10,12-14H,4-5H2,1-2H3/t6?,7-,8+,9?,10+/m1/s1. The number of hydrogen-bond donors (Lipinski definition) is 3. The normalized spacial score (nSPS) is 33.9. The highest BCUT2D eigenvalue weighted by molar-refractivity contribution is 7.48. The predicted molar refractivity (Wildman–Crippen MR) is 66.3 cm³/mol. The van der Waals surface area contributed by atoms with E-state index in [0.29, 0.717) is 6.29 Å². The van der Waals surface area contributed by atoms with Gasteiger partial charge in [0.05, 0.1) is 6.61 Å². The molecule has 2 unspecified atom stereocenters. The predicted octanol–water partition coefficient (Wildman–Crippen LogP) is -1.57. The maximum Gasteiger partial charge on any atom is 0.474 e. The monoisotopic (exact) mass is 330 g/mol. The van der Waals surface area contributed by atoms with Gasteiger partial charge in [0, 0.05) is 14.2 Å². The zero-order valence-electron chi connectivity index (χ0n) is 11.5. The summed E-state index contributed by atoms with van der Waals surface area (Å²) in [5.41, 5.74) is 0.